The molecule has 0 aliphatic carbocycles. The van der Waals surface area contributed by atoms with Crippen molar-refractivity contribution in [3.63, 3.8) is 0 Å². The van der Waals surface area contributed by atoms with E-state index >= 15 is 0 Å². The molecular weight excluding hydrogens is 198 g/mol. The van der Waals surface area contributed by atoms with Crippen molar-refractivity contribution >= 4 is 11.7 Å². The molecule has 0 radical (unpaired) electrons. The van der Waals surface area contributed by atoms with Crippen LogP contribution < -0.4 is 0 Å². The number of benzene rings is 1. The van der Waals surface area contributed by atoms with E-state index in [2.05, 4.69) is 4.74 Å². The van der Waals surface area contributed by atoms with Crippen molar-refractivity contribution in [3.8, 4) is 0 Å². The Bertz CT molecular complexity index is 511. The highest BCUT2D eigenvalue weighted by Gasteiger charge is 2.05. The molecule has 0 aromatic heterocycles. The first-order chi connectivity index (χ1) is 9.01. The Morgan fingerprint density at radius 1 is 1.60 bits per heavy atom. The second kappa shape index (κ2) is 5.09. The quantitative estimate of drug-likeness (QED) is 0.434. The van der Waals surface area contributed by atoms with Gasteiger partial charge in [-0.3, -0.25) is 14.9 Å². The van der Waals surface area contributed by atoms with Gasteiger partial charge in [-0.1, -0.05) is 12.1 Å². The second-order valence-corrected chi connectivity index (χ2v) is 2.63. The van der Waals surface area contributed by atoms with Gasteiger partial charge in [-0.2, -0.15) is 0 Å². The highest BCUT2D eigenvalue weighted by molar-refractivity contribution is 5.69. The number of non-ortho nitro benzene ring substituents is 1. The molecule has 0 spiro atoms. The van der Waals surface area contributed by atoms with Crippen molar-refractivity contribution < 1.29 is 21.3 Å². The van der Waals surface area contributed by atoms with Gasteiger partial charge < -0.3 is 4.74 Å². The Labute approximate surface area is 93.8 Å². The lowest BCUT2D eigenvalue weighted by Crippen LogP contribution is -2.01. The Balaban J connectivity index is 2.82. The summed E-state index contributed by atoms with van der Waals surface area (Å²) in [6, 6.07) is 4.53. The summed E-state index contributed by atoms with van der Waals surface area (Å²) in [7, 11) is -2.93. The van der Waals surface area contributed by atoms with E-state index in [1.807, 2.05) is 0 Å². The van der Waals surface area contributed by atoms with Crippen molar-refractivity contribution in [2.24, 2.45) is 0 Å². The van der Waals surface area contributed by atoms with Crippen LogP contribution in [0.4, 0.5) is 5.69 Å². The van der Waals surface area contributed by atoms with Crippen LogP contribution in [0, 0.1) is 10.1 Å². The first-order valence-corrected chi connectivity index (χ1v) is 3.98. The number of rotatable bonds is 4. The molecule has 0 saturated heterocycles. The number of carbonyl (C=O) groups is 1. The van der Waals surface area contributed by atoms with Gasteiger partial charge >= 0.3 is 5.97 Å². The minimum Gasteiger partial charge on any atom is -0.469 e. The van der Waals surface area contributed by atoms with E-state index in [4.69, 9.17) is 6.85 Å². The summed E-state index contributed by atoms with van der Waals surface area (Å²) in [4.78, 5) is 21.1. The lowest BCUT2D eigenvalue weighted by molar-refractivity contribution is -0.384. The lowest BCUT2D eigenvalue weighted by Gasteiger charge is -1.99. The third-order valence-corrected chi connectivity index (χ3v) is 1.63. The summed E-state index contributed by atoms with van der Waals surface area (Å²) in [6.07, 6.45) is -2.99. The summed E-state index contributed by atoms with van der Waals surface area (Å²) in [6.45, 7) is 0. The van der Waals surface area contributed by atoms with Gasteiger partial charge in [-0.05, 0) is 11.9 Å². The molecule has 0 bridgehead atoms. The standard InChI is InChI=1S/C10H11NO4/c1-15-10(12)7-4-8-2-5-9(6-3-8)11(13)14/h2-3,5-6H,4,7H2,1H3/i1D3,4D2. The molecule has 0 aliphatic rings. The zero-order chi connectivity index (χ0) is 15.6. The fourth-order valence-corrected chi connectivity index (χ4v) is 0.911. The lowest BCUT2D eigenvalue weighted by atomic mass is 10.1. The molecule has 1 rings (SSSR count). The van der Waals surface area contributed by atoms with E-state index in [-0.39, 0.29) is 11.3 Å². The monoisotopic (exact) mass is 214 g/mol. The largest absolute Gasteiger partial charge is 0.469 e. The normalized spacial score (nSPS) is 16.4. The summed E-state index contributed by atoms with van der Waals surface area (Å²) in [5.41, 5.74) is -0.194. The Kier molecular flexibility index (Phi) is 1.98. The van der Waals surface area contributed by atoms with Crippen LogP contribution >= 0.6 is 0 Å². The molecule has 5 heteroatoms. The molecule has 0 atom stereocenters. The number of methoxy groups -OCH3 is 1. The van der Waals surface area contributed by atoms with Crippen molar-refractivity contribution in [1.82, 2.24) is 0 Å². The molecule has 0 fully saturated rings. The van der Waals surface area contributed by atoms with Crippen LogP contribution in [0.3, 0.4) is 0 Å². The van der Waals surface area contributed by atoms with E-state index in [0.29, 0.717) is 0 Å². The predicted molar refractivity (Wildman–Crippen MR) is 53.4 cm³/mol. The van der Waals surface area contributed by atoms with Crippen molar-refractivity contribution in [1.29, 1.82) is 0 Å². The Morgan fingerprint density at radius 3 is 2.80 bits per heavy atom. The topological polar surface area (TPSA) is 69.4 Å². The van der Waals surface area contributed by atoms with Crippen molar-refractivity contribution in [3.05, 3.63) is 39.9 Å². The van der Waals surface area contributed by atoms with Gasteiger partial charge in [0.15, 0.2) is 0 Å². The number of carbonyl (C=O) groups excluding carboxylic acids is 1. The second-order valence-electron chi connectivity index (χ2n) is 2.63. The zero-order valence-electron chi connectivity index (χ0n) is 12.6. The van der Waals surface area contributed by atoms with Gasteiger partial charge in [-0.15, -0.1) is 0 Å². The maximum absolute atomic E-state index is 11.3. The van der Waals surface area contributed by atoms with Gasteiger partial charge in [0.25, 0.3) is 5.69 Å². The third-order valence-electron chi connectivity index (χ3n) is 1.63. The molecule has 80 valence electrons. The van der Waals surface area contributed by atoms with Gasteiger partial charge in [-0.25, -0.2) is 0 Å². The molecule has 0 amide bonds. The summed E-state index contributed by atoms with van der Waals surface area (Å²) < 4.78 is 39.7. The maximum Gasteiger partial charge on any atom is 0.305 e. The Hall–Kier alpha value is -1.91. The average molecular weight is 214 g/mol. The number of ether oxygens (including phenoxy) is 1. The first-order valence-electron chi connectivity index (χ1n) is 6.48. The molecule has 15 heavy (non-hydrogen) atoms. The minimum absolute atomic E-state index is 0.0191. The molecule has 0 N–H and O–H groups in total. The number of aryl methyl sites for hydroxylation is 1. The number of nitrogens with zero attached hydrogens (tertiary/aromatic N) is 1. The SMILES string of the molecule is [2H]C([2H])([2H])OC(=O)CC([2H])([2H])c1ccc([N+](=O)[O-])cc1. The van der Waals surface area contributed by atoms with Crippen LogP contribution in [-0.4, -0.2) is 17.9 Å². The van der Waals surface area contributed by atoms with Crippen LogP contribution in [0.2, 0.25) is 0 Å². The van der Waals surface area contributed by atoms with Crippen LogP contribution in [0.25, 0.3) is 0 Å². The highest BCUT2D eigenvalue weighted by Crippen LogP contribution is 2.13. The van der Waals surface area contributed by atoms with Gasteiger partial charge in [0, 0.05) is 21.3 Å². The van der Waals surface area contributed by atoms with E-state index in [1.165, 1.54) is 12.1 Å². The zero-order valence-corrected chi connectivity index (χ0v) is 7.60. The van der Waals surface area contributed by atoms with E-state index < -0.39 is 30.7 Å². The number of hydrogen-bond donors (Lipinski definition) is 0. The van der Waals surface area contributed by atoms with Crippen LogP contribution in [-0.2, 0) is 15.9 Å². The number of nitro benzene ring substituents is 1. The van der Waals surface area contributed by atoms with Crippen molar-refractivity contribution in [2.45, 2.75) is 12.8 Å². The third kappa shape index (κ3) is 3.38. The molecule has 0 saturated carbocycles. The van der Waals surface area contributed by atoms with Gasteiger partial charge in [0.2, 0.25) is 0 Å². The number of nitro groups is 1. The number of esters is 1. The summed E-state index contributed by atoms with van der Waals surface area (Å²) >= 11 is 0. The molecule has 0 aliphatic heterocycles. The van der Waals surface area contributed by atoms with E-state index in [9.17, 15) is 14.9 Å². The van der Waals surface area contributed by atoms with Crippen LogP contribution in [0.15, 0.2) is 24.3 Å². The first kappa shape index (κ1) is 5.85. The van der Waals surface area contributed by atoms with Crippen molar-refractivity contribution in [2.75, 3.05) is 7.04 Å². The fourth-order valence-electron chi connectivity index (χ4n) is 0.911. The summed E-state index contributed by atoms with van der Waals surface area (Å²) in [5, 5.41) is 10.5. The van der Waals surface area contributed by atoms with E-state index in [0.717, 1.165) is 12.1 Å². The van der Waals surface area contributed by atoms with Crippen LogP contribution in [0.5, 0.6) is 0 Å². The maximum atomic E-state index is 11.3. The molecule has 5 nitrogen and oxygen atoms in total. The van der Waals surface area contributed by atoms with Crippen LogP contribution in [0.1, 0.15) is 18.8 Å². The molecule has 0 heterocycles. The molecule has 1 aromatic carbocycles. The summed E-state index contributed by atoms with van der Waals surface area (Å²) in [5.74, 6) is -1.21. The van der Waals surface area contributed by atoms with Gasteiger partial charge in [0.05, 0.1) is 16.1 Å². The number of hydrogen-bond acceptors (Lipinski definition) is 4. The predicted octanol–water partition coefficient (Wildman–Crippen LogP) is 1.70. The highest BCUT2D eigenvalue weighted by atomic mass is 16.6. The molecular formula is C10H11NO4. The Morgan fingerprint density at radius 2 is 2.27 bits per heavy atom. The molecule has 0 unspecified atom stereocenters. The molecule has 1 aromatic rings. The van der Waals surface area contributed by atoms with Gasteiger partial charge in [0.1, 0.15) is 0 Å². The minimum atomic E-state index is -2.93. The smallest absolute Gasteiger partial charge is 0.305 e. The average Bonchev–Trinajstić information content (AvgIpc) is 2.25. The van der Waals surface area contributed by atoms with E-state index in [1.54, 1.807) is 0 Å². The fraction of sp³-hybridized carbons (Fsp3) is 0.300.